The van der Waals surface area contributed by atoms with E-state index in [2.05, 4.69) is 15.0 Å². The molecule has 8 heteroatoms. The van der Waals surface area contributed by atoms with Crippen LogP contribution < -0.4 is 9.64 Å². The fourth-order valence-electron chi connectivity index (χ4n) is 3.17. The molecule has 1 aliphatic rings. The lowest BCUT2D eigenvalue weighted by atomic mass is 10.1. The zero-order valence-electron chi connectivity index (χ0n) is 14.6. The van der Waals surface area contributed by atoms with E-state index in [9.17, 15) is 8.78 Å². The number of piperidine rings is 1. The number of pyridine rings is 1. The number of aryl methyl sites for hydroxylation is 1. The number of hydrogen-bond acceptors (Lipinski definition) is 5. The van der Waals surface area contributed by atoms with Crippen LogP contribution in [0, 0.1) is 18.6 Å². The summed E-state index contributed by atoms with van der Waals surface area (Å²) in [4.78, 5) is 15.3. The molecular formula is C19H17ClF2N4O. The third kappa shape index (κ3) is 3.78. The summed E-state index contributed by atoms with van der Waals surface area (Å²) in [5.74, 6) is -0.614. The van der Waals surface area contributed by atoms with E-state index >= 15 is 0 Å². The number of halogens is 3. The van der Waals surface area contributed by atoms with Crippen molar-refractivity contribution in [3.63, 3.8) is 0 Å². The Morgan fingerprint density at radius 2 is 1.89 bits per heavy atom. The van der Waals surface area contributed by atoms with E-state index in [-0.39, 0.29) is 11.9 Å². The SMILES string of the molecule is Cc1cc2nc(N3CCC(Oc4ccc(F)cc4F)CC3)c(Cl)nc2cn1. The summed E-state index contributed by atoms with van der Waals surface area (Å²) in [6.07, 6.45) is 2.84. The Balaban J connectivity index is 1.47. The number of ether oxygens (including phenoxy) is 1. The number of benzene rings is 1. The van der Waals surface area contributed by atoms with Gasteiger partial charge in [-0.3, -0.25) is 4.98 Å². The second kappa shape index (κ2) is 7.23. The summed E-state index contributed by atoms with van der Waals surface area (Å²) >= 11 is 6.32. The van der Waals surface area contributed by atoms with Gasteiger partial charge in [0.05, 0.1) is 11.7 Å². The normalized spacial score (nSPS) is 15.3. The van der Waals surface area contributed by atoms with Crippen molar-refractivity contribution in [2.45, 2.75) is 25.9 Å². The average Bonchev–Trinajstić information content (AvgIpc) is 2.64. The molecule has 3 aromatic rings. The van der Waals surface area contributed by atoms with Crippen LogP contribution in [0.2, 0.25) is 5.15 Å². The van der Waals surface area contributed by atoms with Crippen LogP contribution in [0.1, 0.15) is 18.5 Å². The lowest BCUT2D eigenvalue weighted by molar-refractivity contribution is 0.163. The molecule has 2 aromatic heterocycles. The molecule has 0 amide bonds. The Labute approximate surface area is 160 Å². The van der Waals surface area contributed by atoms with Crippen molar-refractivity contribution >= 4 is 28.5 Å². The van der Waals surface area contributed by atoms with Crippen LogP contribution in [0.5, 0.6) is 5.75 Å². The van der Waals surface area contributed by atoms with Crippen LogP contribution in [0.3, 0.4) is 0 Å². The van der Waals surface area contributed by atoms with Gasteiger partial charge in [0.1, 0.15) is 17.4 Å². The van der Waals surface area contributed by atoms with Gasteiger partial charge < -0.3 is 9.64 Å². The van der Waals surface area contributed by atoms with Crippen LogP contribution in [-0.4, -0.2) is 34.1 Å². The maximum absolute atomic E-state index is 13.8. The van der Waals surface area contributed by atoms with Gasteiger partial charge in [0.15, 0.2) is 22.5 Å². The molecule has 0 aliphatic carbocycles. The zero-order chi connectivity index (χ0) is 19.0. The van der Waals surface area contributed by atoms with Gasteiger partial charge in [-0.2, -0.15) is 0 Å². The Bertz CT molecular complexity index is 993. The second-order valence-electron chi connectivity index (χ2n) is 6.53. The summed E-state index contributed by atoms with van der Waals surface area (Å²) in [5, 5.41) is 0.331. The van der Waals surface area contributed by atoms with Gasteiger partial charge in [-0.1, -0.05) is 11.6 Å². The van der Waals surface area contributed by atoms with Crippen LogP contribution >= 0.6 is 11.6 Å². The first-order valence-corrected chi connectivity index (χ1v) is 9.04. The summed E-state index contributed by atoms with van der Waals surface area (Å²) in [6, 6.07) is 5.20. The molecule has 0 saturated carbocycles. The van der Waals surface area contributed by atoms with Gasteiger partial charge in [0.25, 0.3) is 0 Å². The minimum Gasteiger partial charge on any atom is -0.487 e. The highest BCUT2D eigenvalue weighted by Crippen LogP contribution is 2.29. The number of rotatable bonds is 3. The fourth-order valence-corrected chi connectivity index (χ4v) is 3.42. The molecule has 0 bridgehead atoms. The van der Waals surface area contributed by atoms with E-state index in [1.165, 1.54) is 12.1 Å². The van der Waals surface area contributed by atoms with E-state index in [4.69, 9.17) is 16.3 Å². The van der Waals surface area contributed by atoms with Crippen LogP contribution in [-0.2, 0) is 0 Å². The van der Waals surface area contributed by atoms with Gasteiger partial charge in [0, 0.05) is 37.7 Å². The second-order valence-corrected chi connectivity index (χ2v) is 6.89. The molecule has 1 fully saturated rings. The monoisotopic (exact) mass is 390 g/mol. The summed E-state index contributed by atoms with van der Waals surface area (Å²) in [7, 11) is 0. The van der Waals surface area contributed by atoms with Crippen molar-refractivity contribution in [2.24, 2.45) is 0 Å². The van der Waals surface area contributed by atoms with Crippen molar-refractivity contribution in [3.8, 4) is 5.75 Å². The van der Waals surface area contributed by atoms with E-state index < -0.39 is 11.6 Å². The largest absolute Gasteiger partial charge is 0.487 e. The Morgan fingerprint density at radius 1 is 1.11 bits per heavy atom. The lowest BCUT2D eigenvalue weighted by Gasteiger charge is -2.33. The molecular weight excluding hydrogens is 374 g/mol. The molecule has 140 valence electrons. The van der Waals surface area contributed by atoms with Gasteiger partial charge in [0.2, 0.25) is 0 Å². The van der Waals surface area contributed by atoms with Crippen LogP contribution in [0.15, 0.2) is 30.5 Å². The highest BCUT2D eigenvalue weighted by Gasteiger charge is 2.24. The average molecular weight is 391 g/mol. The van der Waals surface area contributed by atoms with Gasteiger partial charge >= 0.3 is 0 Å². The van der Waals surface area contributed by atoms with E-state index in [1.807, 2.05) is 17.9 Å². The minimum atomic E-state index is -0.690. The van der Waals surface area contributed by atoms with Gasteiger partial charge in [-0.15, -0.1) is 0 Å². The van der Waals surface area contributed by atoms with E-state index in [0.717, 1.165) is 17.3 Å². The van der Waals surface area contributed by atoms with Gasteiger partial charge in [-0.05, 0) is 25.1 Å². The Hall–Kier alpha value is -2.54. The lowest BCUT2D eigenvalue weighted by Crippen LogP contribution is -2.39. The zero-order valence-corrected chi connectivity index (χ0v) is 15.4. The van der Waals surface area contributed by atoms with E-state index in [1.54, 1.807) is 6.20 Å². The number of aromatic nitrogens is 3. The molecule has 27 heavy (non-hydrogen) atoms. The van der Waals surface area contributed by atoms with Crippen molar-refractivity contribution in [1.82, 2.24) is 15.0 Å². The molecule has 5 nitrogen and oxygen atoms in total. The molecule has 4 rings (SSSR count). The first-order valence-electron chi connectivity index (χ1n) is 8.66. The summed E-state index contributed by atoms with van der Waals surface area (Å²) < 4.78 is 32.5. The first kappa shape index (κ1) is 17.9. The number of anilines is 1. The van der Waals surface area contributed by atoms with Crippen LogP contribution in [0.4, 0.5) is 14.6 Å². The van der Waals surface area contributed by atoms with Crippen molar-refractivity contribution in [2.75, 3.05) is 18.0 Å². The van der Waals surface area contributed by atoms with E-state index in [0.29, 0.717) is 42.4 Å². The first-order chi connectivity index (χ1) is 13.0. The summed E-state index contributed by atoms with van der Waals surface area (Å²) in [5.41, 5.74) is 2.26. The van der Waals surface area contributed by atoms with Gasteiger partial charge in [-0.25, -0.2) is 18.7 Å². The highest BCUT2D eigenvalue weighted by atomic mass is 35.5. The third-order valence-electron chi connectivity index (χ3n) is 4.56. The molecule has 1 aliphatic heterocycles. The molecule has 0 N–H and O–H groups in total. The minimum absolute atomic E-state index is 0.0707. The molecule has 0 unspecified atom stereocenters. The predicted molar refractivity (Wildman–Crippen MR) is 99.3 cm³/mol. The fraction of sp³-hybridized carbons (Fsp3) is 0.316. The topological polar surface area (TPSA) is 51.1 Å². The van der Waals surface area contributed by atoms with Crippen molar-refractivity contribution in [3.05, 3.63) is 52.9 Å². The quantitative estimate of drug-likeness (QED) is 0.667. The predicted octanol–water partition coefficient (Wildman–Crippen LogP) is 4.31. The Kier molecular flexibility index (Phi) is 4.78. The van der Waals surface area contributed by atoms with Crippen LogP contribution in [0.25, 0.3) is 11.0 Å². The molecule has 0 spiro atoms. The number of hydrogen-bond donors (Lipinski definition) is 0. The third-order valence-corrected chi connectivity index (χ3v) is 4.81. The number of fused-ring (bicyclic) bond motifs is 1. The standard InChI is InChI=1S/C19H17ClF2N4O/c1-11-8-15-16(10-23-11)24-18(20)19(25-15)26-6-4-13(5-7-26)27-17-3-2-12(21)9-14(17)22/h2-3,8-10,13H,4-7H2,1H3. The maximum atomic E-state index is 13.8. The summed E-state index contributed by atoms with van der Waals surface area (Å²) in [6.45, 7) is 3.20. The molecule has 0 atom stereocenters. The smallest absolute Gasteiger partial charge is 0.172 e. The number of nitrogens with zero attached hydrogens (tertiary/aromatic N) is 4. The molecule has 3 heterocycles. The Morgan fingerprint density at radius 3 is 2.63 bits per heavy atom. The maximum Gasteiger partial charge on any atom is 0.172 e. The van der Waals surface area contributed by atoms with Crippen molar-refractivity contribution < 1.29 is 13.5 Å². The molecule has 1 saturated heterocycles. The highest BCUT2D eigenvalue weighted by molar-refractivity contribution is 6.32. The van der Waals surface area contributed by atoms with Crippen molar-refractivity contribution in [1.29, 1.82) is 0 Å². The molecule has 0 radical (unpaired) electrons. The molecule has 1 aromatic carbocycles.